The molecule has 0 aromatic heterocycles. The van der Waals surface area contributed by atoms with Crippen LogP contribution in [0.1, 0.15) is 25.7 Å². The summed E-state index contributed by atoms with van der Waals surface area (Å²) in [5.74, 6) is 0.256. The highest BCUT2D eigenvalue weighted by Crippen LogP contribution is 2.61. The Morgan fingerprint density at radius 2 is 2.40 bits per heavy atom. The first-order chi connectivity index (χ1) is 7.20. The summed E-state index contributed by atoms with van der Waals surface area (Å²) in [6.45, 7) is 0. The van der Waals surface area contributed by atoms with Crippen molar-refractivity contribution in [1.82, 2.24) is 0 Å². The molecule has 1 spiro atoms. The van der Waals surface area contributed by atoms with E-state index < -0.39 is 0 Å². The zero-order valence-corrected chi connectivity index (χ0v) is 8.90. The maximum atomic E-state index is 11.8. The Kier molecular flexibility index (Phi) is 1.86. The minimum atomic E-state index is -0.382. The maximum Gasteiger partial charge on any atom is 0.159 e. The summed E-state index contributed by atoms with van der Waals surface area (Å²) in [5, 5.41) is 10.2. The fourth-order valence-electron chi connectivity index (χ4n) is 3.91. The third kappa shape index (κ3) is 0.955. The van der Waals surface area contributed by atoms with Crippen LogP contribution in [0.3, 0.4) is 0 Å². The van der Waals surface area contributed by atoms with Gasteiger partial charge in [-0.1, -0.05) is 6.42 Å². The van der Waals surface area contributed by atoms with Gasteiger partial charge < -0.3 is 9.84 Å². The van der Waals surface area contributed by atoms with Crippen LogP contribution in [-0.4, -0.2) is 30.2 Å². The van der Waals surface area contributed by atoms with Crippen LogP contribution in [0.5, 0.6) is 0 Å². The molecule has 0 radical (unpaired) electrons. The van der Waals surface area contributed by atoms with Crippen molar-refractivity contribution in [3.8, 4) is 0 Å². The van der Waals surface area contributed by atoms with Gasteiger partial charge in [0.25, 0.3) is 0 Å². The number of aliphatic hydroxyl groups is 1. The first kappa shape index (κ1) is 9.55. The van der Waals surface area contributed by atoms with Crippen molar-refractivity contribution in [3.63, 3.8) is 0 Å². The zero-order valence-electron chi connectivity index (χ0n) is 8.90. The van der Waals surface area contributed by atoms with Crippen molar-refractivity contribution in [2.24, 2.45) is 11.3 Å². The third-order valence-corrected chi connectivity index (χ3v) is 4.55. The molecule has 0 aromatic rings. The van der Waals surface area contributed by atoms with E-state index in [9.17, 15) is 9.90 Å². The van der Waals surface area contributed by atoms with Crippen LogP contribution in [-0.2, 0) is 9.53 Å². The molecule has 2 saturated carbocycles. The van der Waals surface area contributed by atoms with Crippen molar-refractivity contribution in [2.75, 3.05) is 7.11 Å². The van der Waals surface area contributed by atoms with E-state index in [4.69, 9.17) is 4.74 Å². The summed E-state index contributed by atoms with van der Waals surface area (Å²) in [6.07, 6.45) is 4.93. The fraction of sp³-hybridized carbons (Fsp3) is 0.750. The molecule has 2 fully saturated rings. The first-order valence-corrected chi connectivity index (χ1v) is 5.67. The molecule has 3 aliphatic rings. The number of carbonyl (C=O) groups excluding carboxylic acids is 1. The molecule has 15 heavy (non-hydrogen) atoms. The molecular formula is C12H16O3. The summed E-state index contributed by atoms with van der Waals surface area (Å²) >= 11 is 0. The van der Waals surface area contributed by atoms with Gasteiger partial charge in [0.1, 0.15) is 0 Å². The van der Waals surface area contributed by atoms with Gasteiger partial charge in [0.15, 0.2) is 5.78 Å². The van der Waals surface area contributed by atoms with E-state index in [-0.39, 0.29) is 29.3 Å². The highest BCUT2D eigenvalue weighted by Gasteiger charge is 2.62. The summed E-state index contributed by atoms with van der Waals surface area (Å²) in [5.41, 5.74) is 0.836. The second-order valence-corrected chi connectivity index (χ2v) is 4.96. The largest absolute Gasteiger partial charge is 0.392 e. The average Bonchev–Trinajstić information content (AvgIpc) is 2.82. The minimum Gasteiger partial charge on any atom is -0.392 e. The number of aliphatic hydroxyl groups excluding tert-OH is 1. The number of ether oxygens (including phenoxy) is 1. The second-order valence-electron chi connectivity index (χ2n) is 4.96. The molecule has 0 heterocycles. The van der Waals surface area contributed by atoms with Gasteiger partial charge in [-0.25, -0.2) is 0 Å². The number of ketones is 1. The van der Waals surface area contributed by atoms with Crippen LogP contribution in [0.25, 0.3) is 0 Å². The first-order valence-electron chi connectivity index (χ1n) is 5.67. The molecule has 0 aromatic carbocycles. The Morgan fingerprint density at radius 1 is 1.60 bits per heavy atom. The van der Waals surface area contributed by atoms with Gasteiger partial charge in [-0.2, -0.15) is 0 Å². The molecule has 3 heteroatoms. The van der Waals surface area contributed by atoms with Gasteiger partial charge in [0, 0.05) is 24.9 Å². The lowest BCUT2D eigenvalue weighted by Crippen LogP contribution is -2.34. The standard InChI is InChI=1S/C12H16O3/c1-15-10-6-11(14)12-4-2-3-7(12)9(13)5-8(10)12/h5,7,10-11,14H,2-4,6H2,1H3/t7-,10-,11+,12+/m0/s1. The third-order valence-electron chi connectivity index (χ3n) is 4.55. The Balaban J connectivity index is 2.09. The number of rotatable bonds is 1. The van der Waals surface area contributed by atoms with Crippen LogP contribution < -0.4 is 0 Å². The second kappa shape index (κ2) is 2.92. The van der Waals surface area contributed by atoms with E-state index in [0.29, 0.717) is 6.42 Å². The molecule has 4 atom stereocenters. The van der Waals surface area contributed by atoms with E-state index in [1.165, 1.54) is 0 Å². The molecule has 3 nitrogen and oxygen atoms in total. The molecule has 3 rings (SSSR count). The zero-order chi connectivity index (χ0) is 10.6. The molecule has 0 saturated heterocycles. The highest BCUT2D eigenvalue weighted by molar-refractivity contribution is 5.97. The molecule has 1 N–H and O–H groups in total. The molecule has 0 amide bonds. The monoisotopic (exact) mass is 208 g/mol. The summed E-state index contributed by atoms with van der Waals surface area (Å²) in [4.78, 5) is 11.8. The van der Waals surface area contributed by atoms with Gasteiger partial charge in [-0.05, 0) is 24.5 Å². The number of carbonyl (C=O) groups is 1. The fourth-order valence-corrected chi connectivity index (χ4v) is 3.91. The van der Waals surface area contributed by atoms with Crippen molar-refractivity contribution >= 4 is 5.78 Å². The van der Waals surface area contributed by atoms with Crippen LogP contribution in [0.2, 0.25) is 0 Å². The van der Waals surface area contributed by atoms with Gasteiger partial charge >= 0.3 is 0 Å². The van der Waals surface area contributed by atoms with Crippen molar-refractivity contribution < 1.29 is 14.6 Å². The van der Waals surface area contributed by atoms with E-state index in [1.54, 1.807) is 13.2 Å². The molecule has 82 valence electrons. The quantitative estimate of drug-likeness (QED) is 0.701. The SMILES string of the molecule is CO[C@H]1C[C@@H](O)[C@]23CCC[C@H]2C(=O)C=C13. The summed E-state index contributed by atoms with van der Waals surface area (Å²) < 4.78 is 5.37. The van der Waals surface area contributed by atoms with Crippen LogP contribution in [0, 0.1) is 11.3 Å². The normalized spacial score (nSPS) is 48.0. The number of allylic oxidation sites excluding steroid dienone is 1. The van der Waals surface area contributed by atoms with E-state index in [2.05, 4.69) is 0 Å². The number of hydrogen-bond acceptors (Lipinski definition) is 3. The van der Waals surface area contributed by atoms with Crippen LogP contribution in [0.4, 0.5) is 0 Å². The summed E-state index contributed by atoms with van der Waals surface area (Å²) in [6, 6.07) is 0. The number of hydrogen-bond donors (Lipinski definition) is 1. The number of methoxy groups -OCH3 is 1. The lowest BCUT2D eigenvalue weighted by Gasteiger charge is -2.30. The van der Waals surface area contributed by atoms with Crippen LogP contribution in [0.15, 0.2) is 11.6 Å². The van der Waals surface area contributed by atoms with Gasteiger partial charge in [0.05, 0.1) is 12.2 Å². The highest BCUT2D eigenvalue weighted by atomic mass is 16.5. The Labute approximate surface area is 89.1 Å². The smallest absolute Gasteiger partial charge is 0.159 e. The minimum absolute atomic E-state index is 0.0351. The lowest BCUT2D eigenvalue weighted by atomic mass is 9.75. The van der Waals surface area contributed by atoms with Gasteiger partial charge in [0.2, 0.25) is 0 Å². The van der Waals surface area contributed by atoms with Crippen LogP contribution >= 0.6 is 0 Å². The van der Waals surface area contributed by atoms with Crippen molar-refractivity contribution in [3.05, 3.63) is 11.6 Å². The summed E-state index contributed by atoms with van der Waals surface area (Å²) in [7, 11) is 1.66. The molecule has 0 aliphatic heterocycles. The van der Waals surface area contributed by atoms with Gasteiger partial charge in [-0.15, -0.1) is 0 Å². The lowest BCUT2D eigenvalue weighted by molar-refractivity contribution is -0.120. The molecule has 0 unspecified atom stereocenters. The molecular weight excluding hydrogens is 192 g/mol. The maximum absolute atomic E-state index is 11.8. The Morgan fingerprint density at radius 3 is 3.13 bits per heavy atom. The Hall–Kier alpha value is -0.670. The molecule has 3 aliphatic carbocycles. The van der Waals surface area contributed by atoms with Crippen molar-refractivity contribution in [1.29, 1.82) is 0 Å². The average molecular weight is 208 g/mol. The van der Waals surface area contributed by atoms with E-state index in [1.807, 2.05) is 0 Å². The molecule has 0 bridgehead atoms. The van der Waals surface area contributed by atoms with E-state index in [0.717, 1.165) is 24.8 Å². The Bertz CT molecular complexity index is 347. The van der Waals surface area contributed by atoms with Crippen molar-refractivity contribution in [2.45, 2.75) is 37.9 Å². The van der Waals surface area contributed by atoms with E-state index >= 15 is 0 Å². The predicted molar refractivity (Wildman–Crippen MR) is 54.3 cm³/mol. The predicted octanol–water partition coefficient (Wildman–Crippen LogP) is 1.06. The topological polar surface area (TPSA) is 46.5 Å². The van der Waals surface area contributed by atoms with Gasteiger partial charge in [-0.3, -0.25) is 4.79 Å².